The van der Waals surface area contributed by atoms with Crippen molar-refractivity contribution >= 4 is 34.5 Å². The summed E-state index contributed by atoms with van der Waals surface area (Å²) in [4.78, 5) is 32.7. The van der Waals surface area contributed by atoms with Gasteiger partial charge in [-0.3, -0.25) is 9.59 Å². The predicted octanol–water partition coefficient (Wildman–Crippen LogP) is 5.75. The van der Waals surface area contributed by atoms with Gasteiger partial charge in [0, 0.05) is 19.0 Å². The minimum atomic E-state index is -0.456. The lowest BCUT2D eigenvalue weighted by atomic mass is 9.95. The summed E-state index contributed by atoms with van der Waals surface area (Å²) in [7, 11) is 0. The largest absolute Gasteiger partial charge is 0.440 e. The van der Waals surface area contributed by atoms with Crippen LogP contribution in [0.5, 0.6) is 0 Å². The van der Waals surface area contributed by atoms with Crippen LogP contribution in [0, 0.1) is 0 Å². The van der Waals surface area contributed by atoms with Crippen molar-refractivity contribution in [3.8, 4) is 0 Å². The van der Waals surface area contributed by atoms with Gasteiger partial charge in [0.15, 0.2) is 11.5 Å². The fraction of sp³-hybridized carbons (Fsp3) is 0.250. The molecule has 1 fully saturated rings. The van der Waals surface area contributed by atoms with E-state index in [9.17, 15) is 9.59 Å². The third-order valence-electron chi connectivity index (χ3n) is 6.51. The Morgan fingerprint density at radius 1 is 0.971 bits per heavy atom. The van der Waals surface area contributed by atoms with Crippen molar-refractivity contribution in [1.82, 2.24) is 15.2 Å². The highest BCUT2D eigenvalue weighted by Crippen LogP contribution is 2.31. The van der Waals surface area contributed by atoms with Crippen LogP contribution in [0.4, 0.5) is 0 Å². The van der Waals surface area contributed by atoms with Crippen LogP contribution >= 0.6 is 11.6 Å². The molecule has 0 spiro atoms. The number of piperidine rings is 1. The highest BCUT2D eigenvalue weighted by atomic mass is 35.5. The number of halogens is 1. The molecule has 4 aromatic rings. The number of nitrogens with zero attached hydrogens (tertiary/aromatic N) is 2. The molecule has 1 aromatic heterocycles. The van der Waals surface area contributed by atoms with E-state index >= 15 is 0 Å². The van der Waals surface area contributed by atoms with E-state index in [-0.39, 0.29) is 24.2 Å². The molecule has 1 aliphatic rings. The van der Waals surface area contributed by atoms with Gasteiger partial charge in [0.2, 0.25) is 5.91 Å². The Bertz CT molecular complexity index is 1300. The first-order valence-corrected chi connectivity index (χ1v) is 12.2. The van der Waals surface area contributed by atoms with Crippen LogP contribution in [-0.2, 0) is 4.79 Å². The second-order valence-electron chi connectivity index (χ2n) is 8.80. The molecule has 3 aromatic carbocycles. The number of hydrogen-bond donors (Lipinski definition) is 1. The van der Waals surface area contributed by atoms with E-state index in [2.05, 4.69) is 10.3 Å². The fourth-order valence-corrected chi connectivity index (χ4v) is 4.78. The van der Waals surface area contributed by atoms with Gasteiger partial charge in [-0.05, 0) is 42.7 Å². The van der Waals surface area contributed by atoms with Gasteiger partial charge in [-0.1, -0.05) is 66.2 Å². The van der Waals surface area contributed by atoms with Crippen molar-refractivity contribution in [3.05, 3.63) is 101 Å². The molecule has 0 bridgehead atoms. The van der Waals surface area contributed by atoms with Crippen LogP contribution in [-0.4, -0.2) is 34.8 Å². The third-order valence-corrected chi connectivity index (χ3v) is 6.84. The molecular formula is C28H26ClN3O3. The smallest absolute Gasteiger partial charge is 0.253 e. The predicted molar refractivity (Wildman–Crippen MR) is 135 cm³/mol. The summed E-state index contributed by atoms with van der Waals surface area (Å²) < 4.78 is 5.95. The summed E-state index contributed by atoms with van der Waals surface area (Å²) in [5, 5.41) is 3.39. The summed E-state index contributed by atoms with van der Waals surface area (Å²) in [6, 6.07) is 23.8. The number of hydrogen-bond acceptors (Lipinski definition) is 4. The maximum Gasteiger partial charge on any atom is 0.253 e. The topological polar surface area (TPSA) is 75.4 Å². The number of carbonyl (C=O) groups is 2. The molecule has 0 saturated carbocycles. The van der Waals surface area contributed by atoms with Crippen LogP contribution in [0.25, 0.3) is 11.1 Å². The molecule has 1 saturated heterocycles. The number of likely N-dealkylation sites (tertiary alicyclic amines) is 1. The van der Waals surface area contributed by atoms with Gasteiger partial charge < -0.3 is 14.6 Å². The maximum absolute atomic E-state index is 13.3. The van der Waals surface area contributed by atoms with E-state index in [4.69, 9.17) is 16.0 Å². The number of para-hydroxylation sites is 2. The Morgan fingerprint density at radius 2 is 1.66 bits per heavy atom. The molecule has 2 amide bonds. The Morgan fingerprint density at radius 3 is 2.40 bits per heavy atom. The standard InChI is InChI=1S/C28H26ClN3O3/c29-22-11-5-4-10-21(22)27(34)30-24(19-8-2-1-3-9-19)18-26(33)32-16-14-20(15-17-32)28-31-23-12-6-7-13-25(23)35-28/h1-13,20,24H,14-18H2,(H,30,34). The van der Waals surface area contributed by atoms with Crippen molar-refractivity contribution in [2.24, 2.45) is 0 Å². The lowest BCUT2D eigenvalue weighted by Crippen LogP contribution is -2.40. The number of nitrogens with one attached hydrogen (secondary N) is 1. The van der Waals surface area contributed by atoms with Gasteiger partial charge in [-0.15, -0.1) is 0 Å². The average molecular weight is 488 g/mol. The van der Waals surface area contributed by atoms with Crippen molar-refractivity contribution in [1.29, 1.82) is 0 Å². The van der Waals surface area contributed by atoms with Crippen LogP contribution in [0.3, 0.4) is 0 Å². The molecule has 2 heterocycles. The number of aromatic nitrogens is 1. The number of carbonyl (C=O) groups excluding carboxylic acids is 2. The SMILES string of the molecule is O=C(NC(CC(=O)N1CCC(c2nc3ccccc3o2)CC1)c1ccccc1)c1ccccc1Cl. The minimum absolute atomic E-state index is 0.00864. The van der Waals surface area contributed by atoms with Crippen molar-refractivity contribution in [2.75, 3.05) is 13.1 Å². The summed E-state index contributed by atoms with van der Waals surface area (Å²) in [5.41, 5.74) is 2.92. The second kappa shape index (κ2) is 10.3. The molecule has 1 unspecified atom stereocenters. The number of oxazole rings is 1. The zero-order valence-electron chi connectivity index (χ0n) is 19.2. The summed E-state index contributed by atoms with van der Waals surface area (Å²) in [5.74, 6) is 0.644. The lowest BCUT2D eigenvalue weighted by Gasteiger charge is -2.32. The normalized spacial score (nSPS) is 15.2. The zero-order chi connectivity index (χ0) is 24.2. The first-order chi connectivity index (χ1) is 17.1. The van der Waals surface area contributed by atoms with E-state index in [0.29, 0.717) is 23.7 Å². The molecule has 1 N–H and O–H groups in total. The Balaban J connectivity index is 1.25. The minimum Gasteiger partial charge on any atom is -0.440 e. The van der Waals surface area contributed by atoms with E-state index < -0.39 is 6.04 Å². The fourth-order valence-electron chi connectivity index (χ4n) is 4.56. The van der Waals surface area contributed by atoms with Crippen LogP contribution in [0.1, 0.15) is 53.0 Å². The van der Waals surface area contributed by atoms with Crippen molar-refractivity contribution in [2.45, 2.75) is 31.2 Å². The Kier molecular flexibility index (Phi) is 6.82. The van der Waals surface area contributed by atoms with Gasteiger partial charge >= 0.3 is 0 Å². The van der Waals surface area contributed by atoms with Gasteiger partial charge in [-0.2, -0.15) is 0 Å². The van der Waals surface area contributed by atoms with Gasteiger partial charge in [-0.25, -0.2) is 4.98 Å². The summed E-state index contributed by atoms with van der Waals surface area (Å²) >= 11 is 6.22. The Labute approximate surface area is 208 Å². The van der Waals surface area contributed by atoms with Gasteiger partial charge in [0.25, 0.3) is 5.91 Å². The van der Waals surface area contributed by atoms with E-state index in [0.717, 1.165) is 35.4 Å². The van der Waals surface area contributed by atoms with Gasteiger partial charge in [0.1, 0.15) is 5.52 Å². The van der Waals surface area contributed by atoms with Crippen LogP contribution in [0.2, 0.25) is 5.02 Å². The zero-order valence-corrected chi connectivity index (χ0v) is 19.9. The maximum atomic E-state index is 13.3. The summed E-state index contributed by atoms with van der Waals surface area (Å²) in [6.45, 7) is 1.25. The van der Waals surface area contributed by atoms with Crippen molar-refractivity contribution < 1.29 is 14.0 Å². The van der Waals surface area contributed by atoms with Crippen molar-refractivity contribution in [3.63, 3.8) is 0 Å². The summed E-state index contributed by atoms with van der Waals surface area (Å²) in [6.07, 6.45) is 1.76. The van der Waals surface area contributed by atoms with Crippen LogP contribution < -0.4 is 5.32 Å². The highest BCUT2D eigenvalue weighted by Gasteiger charge is 2.29. The molecule has 1 aliphatic heterocycles. The molecule has 6 nitrogen and oxygen atoms in total. The van der Waals surface area contributed by atoms with E-state index in [1.807, 2.05) is 59.5 Å². The molecule has 1 atom stereocenters. The number of amides is 2. The molecule has 0 radical (unpaired) electrons. The molecule has 7 heteroatoms. The Hall–Kier alpha value is -3.64. The molecular weight excluding hydrogens is 462 g/mol. The first kappa shape index (κ1) is 23.1. The number of fused-ring (bicyclic) bond motifs is 1. The van der Waals surface area contributed by atoms with Gasteiger partial charge in [0.05, 0.1) is 23.0 Å². The molecule has 178 valence electrons. The molecule has 0 aliphatic carbocycles. The van der Waals surface area contributed by atoms with E-state index in [1.165, 1.54) is 0 Å². The molecule has 5 rings (SSSR count). The quantitative estimate of drug-likeness (QED) is 0.376. The average Bonchev–Trinajstić information content (AvgIpc) is 3.33. The van der Waals surface area contributed by atoms with Crippen LogP contribution in [0.15, 0.2) is 83.3 Å². The molecule has 35 heavy (non-hydrogen) atoms. The lowest BCUT2D eigenvalue weighted by molar-refractivity contribution is -0.132. The monoisotopic (exact) mass is 487 g/mol. The number of rotatable bonds is 6. The second-order valence-corrected chi connectivity index (χ2v) is 9.20. The third kappa shape index (κ3) is 5.23. The number of benzene rings is 3. The first-order valence-electron chi connectivity index (χ1n) is 11.8. The van der Waals surface area contributed by atoms with E-state index in [1.54, 1.807) is 24.3 Å². The highest BCUT2D eigenvalue weighted by molar-refractivity contribution is 6.33.